The summed E-state index contributed by atoms with van der Waals surface area (Å²) in [6, 6.07) is 15.7. The third-order valence-electron chi connectivity index (χ3n) is 8.35. The summed E-state index contributed by atoms with van der Waals surface area (Å²) in [7, 11) is 0. The van der Waals surface area contributed by atoms with Crippen molar-refractivity contribution in [2.24, 2.45) is 0 Å². The molecule has 1 fully saturated rings. The number of oxazole rings is 2. The Morgan fingerprint density at radius 2 is 1.38 bits per heavy atom. The molecule has 3 aromatic carbocycles. The maximum absolute atomic E-state index is 13.7. The molecule has 1 atom stereocenters. The lowest BCUT2D eigenvalue weighted by molar-refractivity contribution is -0.943. The van der Waals surface area contributed by atoms with Gasteiger partial charge in [0.25, 0.3) is 0 Å². The van der Waals surface area contributed by atoms with Crippen LogP contribution in [0.3, 0.4) is 0 Å². The number of quaternary nitrogens is 1. The normalized spacial score (nSPS) is 16.2. The Morgan fingerprint density at radius 3 is 1.93 bits per heavy atom. The van der Waals surface area contributed by atoms with Gasteiger partial charge >= 0.3 is 11.5 Å². The molecule has 232 valence electrons. The van der Waals surface area contributed by atoms with Gasteiger partial charge in [0.1, 0.15) is 5.75 Å². The summed E-state index contributed by atoms with van der Waals surface area (Å²) in [5.41, 5.74) is 2.30. The highest BCUT2D eigenvalue weighted by molar-refractivity contribution is 6.30. The van der Waals surface area contributed by atoms with E-state index in [-0.39, 0.29) is 52.4 Å². The Kier molecular flexibility index (Phi) is 8.52. The molecular weight excluding hydrogens is 604 g/mol. The molecule has 0 spiro atoms. The molecule has 2 aromatic heterocycles. The number of halogens is 1. The number of rotatable bonds is 12. The molecule has 1 saturated heterocycles. The van der Waals surface area contributed by atoms with Crippen molar-refractivity contribution in [2.75, 3.05) is 39.3 Å². The standard InChI is InChI=1S/C32H29ClN4O8/c33-21-3-5-22(6-4-21)43-18-28(40)25-17-34-11-14-37(25,12-9-26(38)19-1-7-23-29(15-19)44-31(41)35-23)13-10-27(39)20-2-8-24-30(16-20)45-32(42)36-24/h1-8,15-16,25,34H,9-14,17-18H2,(H-,35,36,38,39,41,42)/p+1. The average Bonchev–Trinajstić information content (AvgIpc) is 3.61. The number of H-pyrrole nitrogens is 2. The highest BCUT2D eigenvalue weighted by Crippen LogP contribution is 2.24. The summed E-state index contributed by atoms with van der Waals surface area (Å²) in [6.45, 7) is 1.85. The SMILES string of the molecule is O=C(CC[N+]1(CCC(=O)c2ccc3[nH]c(=O)oc3c2)CCNCC1C(=O)COc1ccc(Cl)cc1)c1ccc2[nH]c(=O)oc2c1. The molecule has 5 aromatic rings. The van der Waals surface area contributed by atoms with Crippen molar-refractivity contribution in [1.29, 1.82) is 0 Å². The molecule has 45 heavy (non-hydrogen) atoms. The molecule has 0 saturated carbocycles. The number of fused-ring (bicyclic) bond motifs is 2. The lowest BCUT2D eigenvalue weighted by Gasteiger charge is -2.47. The van der Waals surface area contributed by atoms with Crippen LogP contribution >= 0.6 is 11.6 Å². The van der Waals surface area contributed by atoms with Gasteiger partial charge in [-0.15, -0.1) is 0 Å². The molecule has 0 aliphatic carbocycles. The van der Waals surface area contributed by atoms with Gasteiger partial charge in [-0.1, -0.05) is 11.6 Å². The summed E-state index contributed by atoms with van der Waals surface area (Å²) in [5, 5.41) is 3.84. The smallest absolute Gasteiger partial charge is 0.417 e. The minimum absolute atomic E-state index is 0.0939. The van der Waals surface area contributed by atoms with E-state index in [1.165, 1.54) is 12.1 Å². The second kappa shape index (κ2) is 12.7. The summed E-state index contributed by atoms with van der Waals surface area (Å²) < 4.78 is 16.2. The van der Waals surface area contributed by atoms with Gasteiger partial charge < -0.3 is 23.4 Å². The van der Waals surface area contributed by atoms with Crippen molar-refractivity contribution >= 4 is 51.2 Å². The van der Waals surface area contributed by atoms with Crippen molar-refractivity contribution in [2.45, 2.75) is 18.9 Å². The molecule has 12 nitrogen and oxygen atoms in total. The molecule has 0 bridgehead atoms. The third kappa shape index (κ3) is 6.68. The summed E-state index contributed by atoms with van der Waals surface area (Å²) >= 11 is 5.97. The van der Waals surface area contributed by atoms with Crippen molar-refractivity contribution in [1.82, 2.24) is 15.3 Å². The van der Waals surface area contributed by atoms with Crippen molar-refractivity contribution < 1.29 is 32.4 Å². The quantitative estimate of drug-likeness (QED) is 0.138. The molecule has 0 radical (unpaired) electrons. The summed E-state index contributed by atoms with van der Waals surface area (Å²) in [4.78, 5) is 68.8. The van der Waals surface area contributed by atoms with Gasteiger partial charge in [-0.3, -0.25) is 24.4 Å². The monoisotopic (exact) mass is 633 g/mol. The molecule has 1 aliphatic heterocycles. The zero-order chi connectivity index (χ0) is 31.6. The van der Waals surface area contributed by atoms with Gasteiger partial charge in [0.05, 0.1) is 50.1 Å². The Bertz CT molecular complexity index is 1900. The van der Waals surface area contributed by atoms with E-state index in [0.717, 1.165) is 0 Å². The number of ether oxygens (including phenoxy) is 1. The van der Waals surface area contributed by atoms with Gasteiger partial charge in [0, 0.05) is 22.7 Å². The van der Waals surface area contributed by atoms with E-state index in [9.17, 15) is 24.0 Å². The van der Waals surface area contributed by atoms with Gasteiger partial charge in [0.2, 0.25) is 5.78 Å². The van der Waals surface area contributed by atoms with Crippen LogP contribution in [0.5, 0.6) is 5.75 Å². The van der Waals surface area contributed by atoms with Crippen LogP contribution in [0, 0.1) is 0 Å². The Labute approximate surface area is 260 Å². The van der Waals surface area contributed by atoms with Crippen molar-refractivity contribution in [3.05, 3.63) is 97.9 Å². The largest absolute Gasteiger partial charge is 0.486 e. The van der Waals surface area contributed by atoms with E-state index in [0.29, 0.717) is 65.7 Å². The van der Waals surface area contributed by atoms with Crippen LogP contribution in [0.15, 0.2) is 79.1 Å². The minimum Gasteiger partial charge on any atom is -0.486 e. The molecule has 1 aliphatic rings. The highest BCUT2D eigenvalue weighted by Gasteiger charge is 2.44. The molecule has 13 heteroatoms. The predicted octanol–water partition coefficient (Wildman–Crippen LogP) is 3.49. The third-order valence-corrected chi connectivity index (χ3v) is 8.61. The zero-order valence-electron chi connectivity index (χ0n) is 24.1. The number of nitrogens with one attached hydrogen (secondary N) is 3. The van der Waals surface area contributed by atoms with Crippen LogP contribution in [-0.4, -0.2) is 77.2 Å². The van der Waals surface area contributed by atoms with Gasteiger partial charge in [-0.2, -0.15) is 0 Å². The van der Waals surface area contributed by atoms with E-state index in [4.69, 9.17) is 25.2 Å². The lowest BCUT2D eigenvalue weighted by atomic mass is 9.99. The fraction of sp³-hybridized carbons (Fsp3) is 0.281. The zero-order valence-corrected chi connectivity index (χ0v) is 24.9. The number of Topliss-reactive ketones (excluding diaryl/α,β-unsaturated/α-hetero) is 3. The highest BCUT2D eigenvalue weighted by atomic mass is 35.5. The number of aromatic amines is 2. The number of hydrogen-bond donors (Lipinski definition) is 3. The van der Waals surface area contributed by atoms with Crippen LogP contribution in [-0.2, 0) is 4.79 Å². The number of ketones is 3. The van der Waals surface area contributed by atoms with E-state index < -0.39 is 17.6 Å². The lowest BCUT2D eigenvalue weighted by Crippen LogP contribution is -2.69. The second-order valence-electron chi connectivity index (χ2n) is 11.1. The fourth-order valence-corrected chi connectivity index (χ4v) is 6.04. The van der Waals surface area contributed by atoms with Crippen molar-refractivity contribution in [3.8, 4) is 5.75 Å². The first-order valence-corrected chi connectivity index (χ1v) is 14.9. The van der Waals surface area contributed by atoms with Crippen LogP contribution in [0.25, 0.3) is 22.2 Å². The van der Waals surface area contributed by atoms with E-state index in [2.05, 4.69) is 15.3 Å². The number of benzene rings is 3. The molecule has 3 N–H and O–H groups in total. The number of aromatic nitrogens is 2. The number of piperazine rings is 1. The van der Waals surface area contributed by atoms with Crippen LogP contribution in [0.4, 0.5) is 0 Å². The van der Waals surface area contributed by atoms with E-state index >= 15 is 0 Å². The number of carbonyl (C=O) groups is 3. The minimum atomic E-state index is -0.607. The van der Waals surface area contributed by atoms with Crippen LogP contribution in [0.1, 0.15) is 33.6 Å². The molecule has 3 heterocycles. The Hall–Kier alpha value is -4.78. The maximum atomic E-state index is 13.7. The van der Waals surface area contributed by atoms with Gasteiger partial charge in [-0.05, 0) is 60.7 Å². The summed E-state index contributed by atoms with van der Waals surface area (Å²) in [5.74, 6) is -1.24. The van der Waals surface area contributed by atoms with Crippen molar-refractivity contribution in [3.63, 3.8) is 0 Å². The molecule has 6 rings (SSSR count). The van der Waals surface area contributed by atoms with E-state index in [1.807, 2.05) is 0 Å². The predicted molar refractivity (Wildman–Crippen MR) is 165 cm³/mol. The Morgan fingerprint density at radius 1 is 0.822 bits per heavy atom. The van der Waals surface area contributed by atoms with Crippen LogP contribution < -0.4 is 21.6 Å². The summed E-state index contributed by atoms with van der Waals surface area (Å²) in [6.07, 6.45) is 0.188. The topological polar surface area (TPSA) is 164 Å². The van der Waals surface area contributed by atoms with Gasteiger partial charge in [0.15, 0.2) is 35.4 Å². The van der Waals surface area contributed by atoms with E-state index in [1.54, 1.807) is 48.5 Å². The average molecular weight is 634 g/mol. The fourth-order valence-electron chi connectivity index (χ4n) is 5.91. The molecule has 1 unspecified atom stereocenters. The number of carbonyl (C=O) groups excluding carboxylic acids is 3. The molecule has 0 amide bonds. The number of nitrogens with zero attached hydrogens (tertiary/aromatic N) is 1. The number of hydrogen-bond acceptors (Lipinski definition) is 9. The Balaban J connectivity index is 1.23. The first-order chi connectivity index (χ1) is 21.7. The molecular formula is C32H30ClN4O8+. The first-order valence-electron chi connectivity index (χ1n) is 14.5. The second-order valence-corrected chi connectivity index (χ2v) is 11.6. The van der Waals surface area contributed by atoms with Gasteiger partial charge in [-0.25, -0.2) is 9.59 Å². The van der Waals surface area contributed by atoms with Crippen LogP contribution in [0.2, 0.25) is 5.02 Å². The first kappa shape index (κ1) is 30.3. The maximum Gasteiger partial charge on any atom is 0.417 e.